The van der Waals surface area contributed by atoms with Crippen molar-refractivity contribution in [3.05, 3.63) is 23.8 Å². The molecule has 0 aliphatic heterocycles. The van der Waals surface area contributed by atoms with Crippen LogP contribution < -0.4 is 0 Å². The molecule has 0 saturated carbocycles. The van der Waals surface area contributed by atoms with Gasteiger partial charge in [-0.15, -0.1) is 0 Å². The Morgan fingerprint density at radius 3 is 3.09 bits per heavy atom. The third-order valence-electron chi connectivity index (χ3n) is 2.62. The Labute approximate surface area is 66.8 Å². The number of Topliss-reactive ketones (excluding diaryl/α,β-unsaturated/α-hetero) is 1. The molecule has 2 rings (SSSR count). The fraction of sp³-hybridized carbons (Fsp3) is 0.500. The lowest BCUT2D eigenvalue weighted by molar-refractivity contribution is -0.117. The van der Waals surface area contributed by atoms with Gasteiger partial charge in [-0.25, -0.2) is 0 Å². The average molecular weight is 148 g/mol. The topological polar surface area (TPSA) is 17.1 Å². The van der Waals surface area contributed by atoms with Gasteiger partial charge >= 0.3 is 0 Å². The first-order valence-corrected chi connectivity index (χ1v) is 4.16. The summed E-state index contributed by atoms with van der Waals surface area (Å²) in [5.74, 6) is 1.18. The molecule has 2 atom stereocenters. The van der Waals surface area contributed by atoms with Gasteiger partial charge < -0.3 is 0 Å². The van der Waals surface area contributed by atoms with Crippen molar-refractivity contribution >= 4 is 5.78 Å². The number of carbonyl (C=O) groups is 1. The minimum Gasteiger partial charge on any atom is -0.294 e. The van der Waals surface area contributed by atoms with E-state index in [9.17, 15) is 4.79 Å². The van der Waals surface area contributed by atoms with Gasteiger partial charge in [-0.2, -0.15) is 0 Å². The first-order valence-electron chi connectivity index (χ1n) is 4.16. The number of carbonyl (C=O) groups excluding carboxylic acids is 1. The average Bonchev–Trinajstić information content (AvgIpc) is 2.41. The van der Waals surface area contributed by atoms with Crippen molar-refractivity contribution in [2.75, 3.05) is 0 Å². The third-order valence-corrected chi connectivity index (χ3v) is 2.62. The molecule has 2 unspecified atom stereocenters. The lowest BCUT2D eigenvalue weighted by Crippen LogP contribution is -2.09. The maximum Gasteiger partial charge on any atom is 0.165 e. The zero-order valence-corrected chi connectivity index (χ0v) is 6.71. The second kappa shape index (κ2) is 2.33. The van der Waals surface area contributed by atoms with Crippen LogP contribution in [0.1, 0.15) is 19.8 Å². The van der Waals surface area contributed by atoms with E-state index in [4.69, 9.17) is 0 Å². The van der Waals surface area contributed by atoms with Crippen molar-refractivity contribution < 1.29 is 4.79 Å². The number of ketones is 1. The van der Waals surface area contributed by atoms with E-state index in [-0.39, 0.29) is 5.92 Å². The molecule has 0 N–H and O–H groups in total. The molecule has 0 aromatic heterocycles. The maximum absolute atomic E-state index is 11.5. The Balaban J connectivity index is 2.31. The van der Waals surface area contributed by atoms with E-state index in [1.165, 1.54) is 0 Å². The number of hydrogen-bond donors (Lipinski definition) is 0. The standard InChI is InChI=1S/C10H12O/c1-7-2-3-8-4-5-9(6-8)10(7)11/h2,4-5,8-9H,3,6H2,1H3. The van der Waals surface area contributed by atoms with Crippen LogP contribution in [0.2, 0.25) is 0 Å². The molecule has 2 aliphatic rings. The van der Waals surface area contributed by atoms with Gasteiger partial charge in [-0.05, 0) is 31.3 Å². The molecule has 2 aliphatic carbocycles. The highest BCUT2D eigenvalue weighted by Gasteiger charge is 2.27. The molecule has 0 aromatic rings. The summed E-state index contributed by atoms with van der Waals surface area (Å²) in [4.78, 5) is 11.5. The molecule has 2 bridgehead atoms. The Hall–Kier alpha value is -0.850. The van der Waals surface area contributed by atoms with Gasteiger partial charge in [0.2, 0.25) is 0 Å². The fourth-order valence-corrected chi connectivity index (χ4v) is 1.86. The zero-order chi connectivity index (χ0) is 7.84. The van der Waals surface area contributed by atoms with E-state index in [0.717, 1.165) is 18.4 Å². The minimum absolute atomic E-state index is 0.207. The van der Waals surface area contributed by atoms with Crippen LogP contribution >= 0.6 is 0 Å². The summed E-state index contributed by atoms with van der Waals surface area (Å²) in [5, 5.41) is 0. The summed E-state index contributed by atoms with van der Waals surface area (Å²) in [6, 6.07) is 0. The van der Waals surface area contributed by atoms with E-state index in [1.807, 2.05) is 6.92 Å². The van der Waals surface area contributed by atoms with E-state index in [2.05, 4.69) is 18.2 Å². The summed E-state index contributed by atoms with van der Waals surface area (Å²) in [6.07, 6.45) is 8.45. The monoisotopic (exact) mass is 148 g/mol. The normalized spacial score (nSPS) is 35.4. The van der Waals surface area contributed by atoms with Gasteiger partial charge in [0.1, 0.15) is 0 Å². The van der Waals surface area contributed by atoms with Crippen LogP contribution in [0.3, 0.4) is 0 Å². The minimum atomic E-state index is 0.207. The van der Waals surface area contributed by atoms with Crippen molar-refractivity contribution in [1.82, 2.24) is 0 Å². The molecule has 11 heavy (non-hydrogen) atoms. The lowest BCUT2D eigenvalue weighted by atomic mass is 9.99. The second-order valence-corrected chi connectivity index (χ2v) is 3.47. The Morgan fingerprint density at radius 1 is 1.45 bits per heavy atom. The zero-order valence-electron chi connectivity index (χ0n) is 6.71. The molecule has 0 radical (unpaired) electrons. The van der Waals surface area contributed by atoms with E-state index >= 15 is 0 Å². The van der Waals surface area contributed by atoms with Crippen molar-refractivity contribution in [3.8, 4) is 0 Å². The van der Waals surface area contributed by atoms with E-state index in [0.29, 0.717) is 11.7 Å². The number of fused-ring (bicyclic) bond motifs is 2. The first kappa shape index (κ1) is 6.84. The fourth-order valence-electron chi connectivity index (χ4n) is 1.86. The van der Waals surface area contributed by atoms with Crippen LogP contribution in [0.15, 0.2) is 23.8 Å². The first-order chi connectivity index (χ1) is 5.27. The highest BCUT2D eigenvalue weighted by molar-refractivity contribution is 5.98. The van der Waals surface area contributed by atoms with Gasteiger partial charge in [0, 0.05) is 5.92 Å². The molecule has 1 nitrogen and oxygen atoms in total. The predicted octanol–water partition coefficient (Wildman–Crippen LogP) is 2.10. The number of hydrogen-bond acceptors (Lipinski definition) is 1. The van der Waals surface area contributed by atoms with Crippen LogP contribution in [0.4, 0.5) is 0 Å². The third kappa shape index (κ3) is 1.05. The van der Waals surface area contributed by atoms with Crippen LogP contribution in [0.5, 0.6) is 0 Å². The summed E-state index contributed by atoms with van der Waals surface area (Å²) in [7, 11) is 0. The van der Waals surface area contributed by atoms with Gasteiger partial charge in [-0.3, -0.25) is 4.79 Å². The predicted molar refractivity (Wildman–Crippen MR) is 44.1 cm³/mol. The summed E-state index contributed by atoms with van der Waals surface area (Å²) < 4.78 is 0. The van der Waals surface area contributed by atoms with Crippen LogP contribution in [-0.4, -0.2) is 5.78 Å². The molecule has 0 heterocycles. The van der Waals surface area contributed by atoms with Crippen molar-refractivity contribution in [2.45, 2.75) is 19.8 Å². The quantitative estimate of drug-likeness (QED) is 0.481. The summed E-state index contributed by atoms with van der Waals surface area (Å²) in [5.41, 5.74) is 0.960. The molecule has 0 amide bonds. The highest BCUT2D eigenvalue weighted by atomic mass is 16.1. The van der Waals surface area contributed by atoms with Crippen LogP contribution in [0.25, 0.3) is 0 Å². The molecular weight excluding hydrogens is 136 g/mol. The largest absolute Gasteiger partial charge is 0.294 e. The Bertz CT molecular complexity index is 248. The second-order valence-electron chi connectivity index (χ2n) is 3.47. The summed E-state index contributed by atoms with van der Waals surface area (Å²) >= 11 is 0. The van der Waals surface area contributed by atoms with E-state index < -0.39 is 0 Å². The molecular formula is C10H12O. The van der Waals surface area contributed by atoms with Gasteiger partial charge in [0.05, 0.1) is 0 Å². The Kier molecular flexibility index (Phi) is 1.45. The van der Waals surface area contributed by atoms with Gasteiger partial charge in [-0.1, -0.05) is 18.2 Å². The molecule has 0 aromatic carbocycles. The maximum atomic E-state index is 11.5. The molecule has 0 spiro atoms. The summed E-state index contributed by atoms with van der Waals surface area (Å²) in [6.45, 7) is 1.93. The van der Waals surface area contributed by atoms with Crippen LogP contribution in [0, 0.1) is 11.8 Å². The van der Waals surface area contributed by atoms with Gasteiger partial charge in [0.25, 0.3) is 0 Å². The molecule has 0 saturated heterocycles. The SMILES string of the molecule is CC1=CCC2C=CC(C2)C1=O. The van der Waals surface area contributed by atoms with Crippen LogP contribution in [-0.2, 0) is 4.79 Å². The number of rotatable bonds is 0. The van der Waals surface area contributed by atoms with Crippen molar-refractivity contribution in [3.63, 3.8) is 0 Å². The highest BCUT2D eigenvalue weighted by Crippen LogP contribution is 2.32. The molecule has 58 valence electrons. The smallest absolute Gasteiger partial charge is 0.165 e. The lowest BCUT2D eigenvalue weighted by Gasteiger charge is -2.03. The van der Waals surface area contributed by atoms with Crippen molar-refractivity contribution in [2.24, 2.45) is 11.8 Å². The molecule has 1 heteroatoms. The van der Waals surface area contributed by atoms with Crippen molar-refractivity contribution in [1.29, 1.82) is 0 Å². The molecule has 0 fully saturated rings. The van der Waals surface area contributed by atoms with E-state index in [1.54, 1.807) is 0 Å². The van der Waals surface area contributed by atoms with Gasteiger partial charge in [0.15, 0.2) is 5.78 Å². The number of allylic oxidation sites excluding steroid dienone is 4. The Morgan fingerprint density at radius 2 is 2.27 bits per heavy atom.